The van der Waals surface area contributed by atoms with Crippen LogP contribution in [0.5, 0.6) is 0 Å². The predicted molar refractivity (Wildman–Crippen MR) is 116 cm³/mol. The molecule has 2 N–H and O–H groups in total. The molecular weight excluding hydrogens is 370 g/mol. The molecule has 3 atom stereocenters. The second kappa shape index (κ2) is 8.82. The molecule has 5 nitrogen and oxygen atoms in total. The standard InChI is InChI=1S/C22H29N3O2S/c26-13-9-17-14-25(12-11-24(17)15-20-21(28)8-10-23-20)22(27)19-7-3-5-16-4-1-2-6-18(16)19/h1-7,17,20-21,23,26,28H,8-15H2/t17-,20?,21?/m0/s1. The maximum absolute atomic E-state index is 13.3. The number of thiol groups is 1. The maximum atomic E-state index is 13.3. The van der Waals surface area contributed by atoms with E-state index in [1.54, 1.807) is 0 Å². The topological polar surface area (TPSA) is 55.8 Å². The number of benzene rings is 2. The molecule has 0 radical (unpaired) electrons. The third-order valence-corrected chi connectivity index (χ3v) is 6.73. The van der Waals surface area contributed by atoms with E-state index in [9.17, 15) is 9.90 Å². The van der Waals surface area contributed by atoms with E-state index in [0.29, 0.717) is 30.8 Å². The summed E-state index contributed by atoms with van der Waals surface area (Å²) in [5, 5.41) is 15.6. The summed E-state index contributed by atoms with van der Waals surface area (Å²) in [6, 6.07) is 14.5. The number of hydrogen-bond acceptors (Lipinski definition) is 5. The normalized spacial score (nSPS) is 26.1. The first-order chi connectivity index (χ1) is 13.7. The van der Waals surface area contributed by atoms with Crippen LogP contribution in [0.15, 0.2) is 42.5 Å². The molecule has 2 fully saturated rings. The molecule has 28 heavy (non-hydrogen) atoms. The van der Waals surface area contributed by atoms with Crippen molar-refractivity contribution in [2.45, 2.75) is 30.2 Å². The smallest absolute Gasteiger partial charge is 0.254 e. The van der Waals surface area contributed by atoms with Gasteiger partial charge in [0, 0.05) is 55.7 Å². The Bertz CT molecular complexity index is 825. The second-order valence-electron chi connectivity index (χ2n) is 7.86. The Morgan fingerprint density at radius 3 is 2.79 bits per heavy atom. The van der Waals surface area contributed by atoms with Crippen molar-refractivity contribution in [2.75, 3.05) is 39.3 Å². The highest BCUT2D eigenvalue weighted by molar-refractivity contribution is 7.81. The van der Waals surface area contributed by atoms with Crippen LogP contribution in [-0.4, -0.2) is 77.5 Å². The Morgan fingerprint density at radius 1 is 1.18 bits per heavy atom. The van der Waals surface area contributed by atoms with Crippen LogP contribution in [-0.2, 0) is 0 Å². The minimum absolute atomic E-state index is 0.0884. The van der Waals surface area contributed by atoms with Gasteiger partial charge in [0.2, 0.25) is 0 Å². The number of fused-ring (bicyclic) bond motifs is 1. The van der Waals surface area contributed by atoms with Gasteiger partial charge < -0.3 is 15.3 Å². The maximum Gasteiger partial charge on any atom is 0.254 e. The predicted octanol–water partition coefficient (Wildman–Crippen LogP) is 2.01. The van der Waals surface area contributed by atoms with E-state index in [1.807, 2.05) is 47.4 Å². The molecule has 2 aliphatic heterocycles. The van der Waals surface area contributed by atoms with Crippen molar-refractivity contribution in [3.8, 4) is 0 Å². The highest BCUT2D eigenvalue weighted by atomic mass is 32.1. The molecule has 6 heteroatoms. The van der Waals surface area contributed by atoms with Gasteiger partial charge in [-0.05, 0) is 36.2 Å². The number of nitrogens with one attached hydrogen (secondary N) is 1. The van der Waals surface area contributed by atoms with Gasteiger partial charge in [-0.3, -0.25) is 9.69 Å². The summed E-state index contributed by atoms with van der Waals surface area (Å²) < 4.78 is 0. The zero-order valence-corrected chi connectivity index (χ0v) is 17.0. The molecule has 2 saturated heterocycles. The van der Waals surface area contributed by atoms with Crippen LogP contribution in [0.2, 0.25) is 0 Å². The summed E-state index contributed by atoms with van der Waals surface area (Å²) in [6.45, 7) is 4.29. The number of amides is 1. The summed E-state index contributed by atoms with van der Waals surface area (Å²) in [6.07, 6.45) is 1.78. The van der Waals surface area contributed by atoms with Crippen LogP contribution in [0.25, 0.3) is 10.8 Å². The molecule has 150 valence electrons. The molecule has 1 amide bonds. The number of carbonyl (C=O) groups excluding carboxylic acids is 1. The van der Waals surface area contributed by atoms with E-state index in [2.05, 4.69) is 10.2 Å². The van der Waals surface area contributed by atoms with Crippen molar-refractivity contribution in [2.24, 2.45) is 0 Å². The first-order valence-corrected chi connectivity index (χ1v) is 10.7. The molecule has 2 heterocycles. The van der Waals surface area contributed by atoms with Crippen LogP contribution in [0.4, 0.5) is 0 Å². The van der Waals surface area contributed by atoms with Crippen molar-refractivity contribution in [3.63, 3.8) is 0 Å². The monoisotopic (exact) mass is 399 g/mol. The lowest BCUT2D eigenvalue weighted by Gasteiger charge is -2.42. The van der Waals surface area contributed by atoms with E-state index in [4.69, 9.17) is 12.6 Å². The number of aliphatic hydroxyl groups excluding tert-OH is 1. The van der Waals surface area contributed by atoms with Gasteiger partial charge in [0.1, 0.15) is 0 Å². The molecule has 2 aliphatic rings. The molecule has 2 aromatic rings. The number of aliphatic hydroxyl groups is 1. The summed E-state index contributed by atoms with van der Waals surface area (Å²) >= 11 is 4.70. The van der Waals surface area contributed by atoms with Gasteiger partial charge in [0.15, 0.2) is 0 Å². The number of hydrogen-bond donors (Lipinski definition) is 3. The molecule has 4 rings (SSSR count). The molecule has 2 unspecified atom stereocenters. The Morgan fingerprint density at radius 2 is 2.00 bits per heavy atom. The van der Waals surface area contributed by atoms with Gasteiger partial charge in [0.05, 0.1) is 0 Å². The minimum atomic E-state index is 0.0884. The van der Waals surface area contributed by atoms with Crippen LogP contribution >= 0.6 is 12.6 Å². The fraction of sp³-hybridized carbons (Fsp3) is 0.500. The molecule has 0 saturated carbocycles. The number of piperazine rings is 1. The number of nitrogens with zero attached hydrogens (tertiary/aromatic N) is 2. The van der Waals surface area contributed by atoms with E-state index < -0.39 is 0 Å². The van der Waals surface area contributed by atoms with E-state index in [1.165, 1.54) is 0 Å². The summed E-state index contributed by atoms with van der Waals surface area (Å²) in [5.41, 5.74) is 0.766. The molecule has 0 aromatic heterocycles. The third kappa shape index (κ3) is 4.06. The van der Waals surface area contributed by atoms with Crippen molar-refractivity contribution in [3.05, 3.63) is 48.0 Å². The fourth-order valence-electron chi connectivity index (χ4n) is 4.52. The average molecular weight is 400 g/mol. The van der Waals surface area contributed by atoms with Crippen LogP contribution < -0.4 is 5.32 Å². The summed E-state index contributed by atoms with van der Waals surface area (Å²) in [4.78, 5) is 17.7. The van der Waals surface area contributed by atoms with Crippen molar-refractivity contribution in [1.82, 2.24) is 15.1 Å². The molecule has 0 bridgehead atoms. The van der Waals surface area contributed by atoms with Crippen LogP contribution in [0, 0.1) is 0 Å². The van der Waals surface area contributed by atoms with Crippen molar-refractivity contribution < 1.29 is 9.90 Å². The van der Waals surface area contributed by atoms with Gasteiger partial charge in [-0.25, -0.2) is 0 Å². The van der Waals surface area contributed by atoms with E-state index in [-0.39, 0.29) is 18.6 Å². The fourth-order valence-corrected chi connectivity index (χ4v) is 4.84. The third-order valence-electron chi connectivity index (χ3n) is 6.12. The van der Waals surface area contributed by atoms with Crippen LogP contribution in [0.1, 0.15) is 23.2 Å². The van der Waals surface area contributed by atoms with Crippen LogP contribution in [0.3, 0.4) is 0 Å². The lowest BCUT2D eigenvalue weighted by molar-refractivity contribution is 0.0400. The average Bonchev–Trinajstić information content (AvgIpc) is 3.13. The zero-order valence-electron chi connectivity index (χ0n) is 16.1. The van der Waals surface area contributed by atoms with Gasteiger partial charge in [0.25, 0.3) is 5.91 Å². The zero-order chi connectivity index (χ0) is 19.5. The summed E-state index contributed by atoms with van der Waals surface area (Å²) in [7, 11) is 0. The highest BCUT2D eigenvalue weighted by Crippen LogP contribution is 2.23. The largest absolute Gasteiger partial charge is 0.396 e. The van der Waals surface area contributed by atoms with Crippen molar-refractivity contribution in [1.29, 1.82) is 0 Å². The number of carbonyl (C=O) groups is 1. The minimum Gasteiger partial charge on any atom is -0.396 e. The molecular formula is C22H29N3O2S. The Kier molecular flexibility index (Phi) is 6.21. The quantitative estimate of drug-likeness (QED) is 0.674. The Labute approximate surface area is 172 Å². The number of rotatable bonds is 5. The van der Waals surface area contributed by atoms with Crippen molar-refractivity contribution >= 4 is 29.3 Å². The first kappa shape index (κ1) is 19.7. The lowest BCUT2D eigenvalue weighted by atomic mass is 10.0. The van der Waals surface area contributed by atoms with E-state index >= 15 is 0 Å². The molecule has 0 aliphatic carbocycles. The first-order valence-electron chi connectivity index (χ1n) is 10.2. The van der Waals surface area contributed by atoms with E-state index in [0.717, 1.165) is 42.4 Å². The Balaban J connectivity index is 1.49. The molecule has 0 spiro atoms. The van der Waals surface area contributed by atoms with Gasteiger partial charge in [-0.1, -0.05) is 36.4 Å². The van der Waals surface area contributed by atoms with Gasteiger partial charge in [-0.2, -0.15) is 12.6 Å². The van der Waals surface area contributed by atoms with Gasteiger partial charge >= 0.3 is 0 Å². The Hall–Kier alpha value is -1.60. The molecule has 2 aromatic carbocycles. The second-order valence-corrected chi connectivity index (χ2v) is 8.52. The SMILES string of the molecule is O=C(c1cccc2ccccc12)N1CCN(CC2NCCC2S)[C@@H](CCO)C1. The summed E-state index contributed by atoms with van der Waals surface area (Å²) in [5.74, 6) is 0.0884. The van der Waals surface area contributed by atoms with Gasteiger partial charge in [-0.15, -0.1) is 0 Å². The lowest BCUT2D eigenvalue weighted by Crippen LogP contribution is -2.57. The highest BCUT2D eigenvalue weighted by Gasteiger charge is 2.33.